The van der Waals surface area contributed by atoms with Crippen LogP contribution in [0, 0.1) is 0 Å². The Bertz CT molecular complexity index is 505. The first-order chi connectivity index (χ1) is 8.27. The Labute approximate surface area is 107 Å². The van der Waals surface area contributed by atoms with Gasteiger partial charge >= 0.3 is 0 Å². The number of rotatable bonds is 5. The number of hydrogen-bond acceptors (Lipinski definition) is 2. The maximum atomic E-state index is 6.26. The lowest BCUT2D eigenvalue weighted by Crippen LogP contribution is -2.16. The Morgan fingerprint density at radius 1 is 1.35 bits per heavy atom. The third-order valence-electron chi connectivity index (χ3n) is 2.78. The maximum absolute atomic E-state index is 6.26. The molecule has 4 heteroatoms. The van der Waals surface area contributed by atoms with Crippen molar-refractivity contribution in [1.82, 2.24) is 14.9 Å². The van der Waals surface area contributed by atoms with Gasteiger partial charge in [0, 0.05) is 6.54 Å². The lowest BCUT2D eigenvalue weighted by Gasteiger charge is -2.08. The first-order valence-electron chi connectivity index (χ1n) is 6.12. The summed E-state index contributed by atoms with van der Waals surface area (Å²) in [5.41, 5.74) is 2.04. The van der Waals surface area contributed by atoms with E-state index in [9.17, 15) is 0 Å². The van der Waals surface area contributed by atoms with Gasteiger partial charge in [0.25, 0.3) is 0 Å². The number of aryl methyl sites for hydroxylation is 1. The predicted octanol–water partition coefficient (Wildman–Crippen LogP) is 3.21. The minimum atomic E-state index is 0.784. The van der Waals surface area contributed by atoms with Crippen LogP contribution in [0.2, 0.25) is 5.02 Å². The van der Waals surface area contributed by atoms with Gasteiger partial charge in [0.2, 0.25) is 0 Å². The van der Waals surface area contributed by atoms with Crippen LogP contribution in [-0.2, 0) is 13.1 Å². The highest BCUT2D eigenvalue weighted by molar-refractivity contribution is 6.35. The molecular weight excluding hydrogens is 234 g/mol. The normalized spacial score (nSPS) is 11.2. The molecule has 0 spiro atoms. The summed E-state index contributed by atoms with van der Waals surface area (Å²) in [6, 6.07) is 5.89. The average Bonchev–Trinajstić information content (AvgIpc) is 2.67. The Kier molecular flexibility index (Phi) is 4.02. The number of nitrogens with one attached hydrogen (secondary N) is 1. The largest absolute Gasteiger partial charge is 0.326 e. The summed E-state index contributed by atoms with van der Waals surface area (Å²) in [5, 5.41) is 4.10. The second-order valence-corrected chi connectivity index (χ2v) is 4.47. The van der Waals surface area contributed by atoms with Crippen LogP contribution in [0.3, 0.4) is 0 Å². The molecule has 0 saturated carbocycles. The molecule has 0 atom stereocenters. The third-order valence-corrected chi connectivity index (χ3v) is 3.08. The van der Waals surface area contributed by atoms with Crippen molar-refractivity contribution in [2.24, 2.45) is 0 Å². The van der Waals surface area contributed by atoms with Crippen LogP contribution in [0.4, 0.5) is 0 Å². The summed E-state index contributed by atoms with van der Waals surface area (Å²) in [6.45, 7) is 6.96. The molecule has 0 aliphatic carbocycles. The number of halogens is 1. The molecule has 17 heavy (non-hydrogen) atoms. The first-order valence-corrected chi connectivity index (χ1v) is 6.50. The van der Waals surface area contributed by atoms with Gasteiger partial charge in [0.05, 0.1) is 22.6 Å². The van der Waals surface area contributed by atoms with Crippen molar-refractivity contribution in [2.75, 3.05) is 6.54 Å². The molecule has 0 aliphatic heterocycles. The minimum absolute atomic E-state index is 0.784. The second-order valence-electron chi connectivity index (χ2n) is 4.07. The first kappa shape index (κ1) is 12.4. The Morgan fingerprint density at radius 3 is 2.88 bits per heavy atom. The zero-order valence-corrected chi connectivity index (χ0v) is 11.1. The van der Waals surface area contributed by atoms with E-state index in [1.807, 2.05) is 18.2 Å². The third kappa shape index (κ3) is 2.45. The fourth-order valence-electron chi connectivity index (χ4n) is 2.03. The van der Waals surface area contributed by atoms with Gasteiger partial charge in [-0.2, -0.15) is 0 Å². The molecule has 2 aromatic rings. The molecule has 0 radical (unpaired) electrons. The fourth-order valence-corrected chi connectivity index (χ4v) is 2.30. The lowest BCUT2D eigenvalue weighted by atomic mass is 10.3. The zero-order chi connectivity index (χ0) is 12.3. The summed E-state index contributed by atoms with van der Waals surface area (Å²) in [4.78, 5) is 4.65. The smallest absolute Gasteiger partial charge is 0.123 e. The van der Waals surface area contributed by atoms with Gasteiger partial charge < -0.3 is 9.88 Å². The maximum Gasteiger partial charge on any atom is 0.123 e. The fraction of sp³-hybridized carbons (Fsp3) is 0.462. The molecule has 1 aromatic carbocycles. The number of benzene rings is 1. The van der Waals surface area contributed by atoms with Gasteiger partial charge in [0.15, 0.2) is 0 Å². The van der Waals surface area contributed by atoms with Crippen LogP contribution >= 0.6 is 11.6 Å². The molecule has 0 unspecified atom stereocenters. The summed E-state index contributed by atoms with van der Waals surface area (Å²) >= 11 is 6.26. The van der Waals surface area contributed by atoms with E-state index in [1.165, 1.54) is 0 Å². The monoisotopic (exact) mass is 251 g/mol. The van der Waals surface area contributed by atoms with Gasteiger partial charge in [-0.05, 0) is 25.1 Å². The van der Waals surface area contributed by atoms with Gasteiger partial charge in [-0.3, -0.25) is 0 Å². The molecule has 0 fully saturated rings. The minimum Gasteiger partial charge on any atom is -0.326 e. The molecule has 0 aliphatic rings. The molecule has 1 aromatic heterocycles. The Balaban J connectivity index is 2.51. The Hall–Kier alpha value is -1.06. The summed E-state index contributed by atoms with van der Waals surface area (Å²) in [6.07, 6.45) is 1.08. The molecule has 3 nitrogen and oxygen atoms in total. The molecule has 0 amide bonds. The molecule has 1 N–H and O–H groups in total. The van der Waals surface area contributed by atoms with Crippen molar-refractivity contribution in [3.05, 3.63) is 29.0 Å². The number of aromatic nitrogens is 2. The zero-order valence-electron chi connectivity index (χ0n) is 10.3. The van der Waals surface area contributed by atoms with E-state index in [-0.39, 0.29) is 0 Å². The number of para-hydroxylation sites is 1. The molecule has 0 bridgehead atoms. The van der Waals surface area contributed by atoms with Crippen LogP contribution in [0.25, 0.3) is 11.0 Å². The van der Waals surface area contributed by atoms with Crippen LogP contribution in [-0.4, -0.2) is 16.1 Å². The summed E-state index contributed by atoms with van der Waals surface area (Å²) < 4.78 is 2.22. The van der Waals surface area contributed by atoms with E-state index in [2.05, 4.69) is 28.7 Å². The predicted molar refractivity (Wildman–Crippen MR) is 72.4 cm³/mol. The highest BCUT2D eigenvalue weighted by atomic mass is 35.5. The van der Waals surface area contributed by atoms with Gasteiger partial charge in [-0.25, -0.2) is 4.98 Å². The quantitative estimate of drug-likeness (QED) is 0.884. The number of fused-ring (bicyclic) bond motifs is 1. The standard InChI is InChI=1S/C13H18ClN3/c1-3-8-17-12(9-15-4-2)16-11-7-5-6-10(14)13(11)17/h5-7,15H,3-4,8-9H2,1-2H3. The molecule has 92 valence electrons. The van der Waals surface area contributed by atoms with Crippen molar-refractivity contribution < 1.29 is 0 Å². The van der Waals surface area contributed by atoms with Crippen LogP contribution in [0.5, 0.6) is 0 Å². The van der Waals surface area contributed by atoms with Crippen LogP contribution in [0.15, 0.2) is 18.2 Å². The lowest BCUT2D eigenvalue weighted by molar-refractivity contribution is 0.610. The van der Waals surface area contributed by atoms with E-state index >= 15 is 0 Å². The van der Waals surface area contributed by atoms with Crippen molar-refractivity contribution >= 4 is 22.6 Å². The molecule has 1 heterocycles. The molecular formula is C13H18ClN3. The van der Waals surface area contributed by atoms with Crippen molar-refractivity contribution in [3.8, 4) is 0 Å². The van der Waals surface area contributed by atoms with Crippen molar-refractivity contribution in [2.45, 2.75) is 33.4 Å². The molecule has 0 saturated heterocycles. The summed E-state index contributed by atoms with van der Waals surface area (Å²) in [7, 11) is 0. The average molecular weight is 252 g/mol. The SMILES string of the molecule is CCCn1c(CNCC)nc2cccc(Cl)c21. The van der Waals surface area contributed by atoms with Crippen LogP contribution in [0.1, 0.15) is 26.1 Å². The number of imidazole rings is 1. The molecule has 2 rings (SSSR count). The Morgan fingerprint density at radius 2 is 2.18 bits per heavy atom. The second kappa shape index (κ2) is 5.52. The van der Waals surface area contributed by atoms with Gasteiger partial charge in [0.1, 0.15) is 5.82 Å². The van der Waals surface area contributed by atoms with Crippen LogP contribution < -0.4 is 5.32 Å². The number of hydrogen-bond donors (Lipinski definition) is 1. The van der Waals surface area contributed by atoms with Crippen molar-refractivity contribution in [3.63, 3.8) is 0 Å². The van der Waals surface area contributed by atoms with E-state index in [0.29, 0.717) is 0 Å². The van der Waals surface area contributed by atoms with E-state index in [4.69, 9.17) is 11.6 Å². The van der Waals surface area contributed by atoms with Gasteiger partial charge in [-0.1, -0.05) is 31.5 Å². The van der Waals surface area contributed by atoms with E-state index < -0.39 is 0 Å². The highest BCUT2D eigenvalue weighted by Gasteiger charge is 2.11. The highest BCUT2D eigenvalue weighted by Crippen LogP contribution is 2.24. The van der Waals surface area contributed by atoms with E-state index in [0.717, 1.165) is 47.9 Å². The van der Waals surface area contributed by atoms with Gasteiger partial charge in [-0.15, -0.1) is 0 Å². The number of nitrogens with zero attached hydrogens (tertiary/aromatic N) is 2. The summed E-state index contributed by atoms with van der Waals surface area (Å²) in [5.74, 6) is 1.07. The van der Waals surface area contributed by atoms with E-state index in [1.54, 1.807) is 0 Å². The topological polar surface area (TPSA) is 29.9 Å². The van der Waals surface area contributed by atoms with Crippen molar-refractivity contribution in [1.29, 1.82) is 0 Å².